The highest BCUT2D eigenvalue weighted by Gasteiger charge is 2.22. The molecule has 0 radical (unpaired) electrons. The number of carbonyl (C=O) groups excluding carboxylic acids is 1. The average molecular weight is 287 g/mol. The SMILES string of the molecule is C#Cc1cccc(NC(=O)N2CCN(CC(=O)O)CC2)c1. The molecule has 2 rings (SSSR count). The summed E-state index contributed by atoms with van der Waals surface area (Å²) in [7, 11) is 0. The van der Waals surface area contributed by atoms with Gasteiger partial charge < -0.3 is 15.3 Å². The monoisotopic (exact) mass is 287 g/mol. The number of carbonyl (C=O) groups is 2. The molecule has 1 heterocycles. The van der Waals surface area contributed by atoms with E-state index in [4.69, 9.17) is 11.5 Å². The minimum atomic E-state index is -0.848. The average Bonchev–Trinajstić information content (AvgIpc) is 2.47. The molecule has 21 heavy (non-hydrogen) atoms. The summed E-state index contributed by atoms with van der Waals surface area (Å²) in [5.74, 6) is 1.67. The standard InChI is InChI=1S/C15H17N3O3/c1-2-12-4-3-5-13(10-12)16-15(21)18-8-6-17(7-9-18)11-14(19)20/h1,3-5,10H,6-9,11H2,(H,16,21)(H,19,20). The van der Waals surface area contributed by atoms with Crippen molar-refractivity contribution in [3.05, 3.63) is 29.8 Å². The molecule has 1 fully saturated rings. The Bertz CT molecular complexity index is 572. The second-order valence-corrected chi connectivity index (χ2v) is 4.81. The molecule has 0 aromatic heterocycles. The number of aliphatic carboxylic acids is 1. The number of nitrogens with zero attached hydrogens (tertiary/aromatic N) is 2. The maximum absolute atomic E-state index is 12.1. The zero-order valence-corrected chi connectivity index (χ0v) is 11.6. The summed E-state index contributed by atoms with van der Waals surface area (Å²) in [6.45, 7) is 2.15. The van der Waals surface area contributed by atoms with Crippen molar-refractivity contribution < 1.29 is 14.7 Å². The van der Waals surface area contributed by atoms with Crippen molar-refractivity contribution in [2.75, 3.05) is 38.0 Å². The first-order valence-corrected chi connectivity index (χ1v) is 6.65. The molecule has 0 atom stereocenters. The Morgan fingerprint density at radius 2 is 2.00 bits per heavy atom. The number of carboxylic acid groups (broad SMARTS) is 1. The number of urea groups is 1. The number of piperazine rings is 1. The van der Waals surface area contributed by atoms with Crippen molar-refractivity contribution in [3.63, 3.8) is 0 Å². The van der Waals surface area contributed by atoms with Crippen molar-refractivity contribution in [2.24, 2.45) is 0 Å². The van der Waals surface area contributed by atoms with Crippen LogP contribution in [-0.2, 0) is 4.79 Å². The molecular formula is C15H17N3O3. The van der Waals surface area contributed by atoms with Gasteiger partial charge in [-0.2, -0.15) is 0 Å². The minimum Gasteiger partial charge on any atom is -0.480 e. The molecular weight excluding hydrogens is 270 g/mol. The number of rotatable bonds is 3. The molecule has 110 valence electrons. The number of terminal acetylenes is 1. The fraction of sp³-hybridized carbons (Fsp3) is 0.333. The van der Waals surface area contributed by atoms with E-state index in [1.807, 2.05) is 4.90 Å². The highest BCUT2D eigenvalue weighted by atomic mass is 16.4. The lowest BCUT2D eigenvalue weighted by Gasteiger charge is -2.33. The number of amides is 2. The van der Waals surface area contributed by atoms with Crippen molar-refractivity contribution >= 4 is 17.7 Å². The van der Waals surface area contributed by atoms with Gasteiger partial charge in [0.15, 0.2) is 0 Å². The number of hydrogen-bond donors (Lipinski definition) is 2. The fourth-order valence-electron chi connectivity index (χ4n) is 2.19. The topological polar surface area (TPSA) is 72.9 Å². The minimum absolute atomic E-state index is 0.0136. The molecule has 1 aromatic rings. The second-order valence-electron chi connectivity index (χ2n) is 4.81. The predicted molar refractivity (Wildman–Crippen MR) is 79.0 cm³/mol. The van der Waals surface area contributed by atoms with Crippen LogP contribution < -0.4 is 5.32 Å². The number of benzene rings is 1. The number of anilines is 1. The van der Waals surface area contributed by atoms with Crippen molar-refractivity contribution in [3.8, 4) is 12.3 Å². The van der Waals surface area contributed by atoms with Crippen LogP contribution in [0.3, 0.4) is 0 Å². The van der Waals surface area contributed by atoms with Crippen LogP contribution in [0.15, 0.2) is 24.3 Å². The summed E-state index contributed by atoms with van der Waals surface area (Å²) in [5.41, 5.74) is 1.36. The van der Waals surface area contributed by atoms with E-state index in [2.05, 4.69) is 11.2 Å². The fourth-order valence-corrected chi connectivity index (χ4v) is 2.19. The van der Waals surface area contributed by atoms with Gasteiger partial charge in [-0.05, 0) is 18.2 Å². The Kier molecular flexibility index (Phi) is 4.80. The van der Waals surface area contributed by atoms with Gasteiger partial charge in [-0.25, -0.2) is 4.79 Å². The Morgan fingerprint density at radius 1 is 1.29 bits per heavy atom. The summed E-state index contributed by atoms with van der Waals surface area (Å²) < 4.78 is 0. The summed E-state index contributed by atoms with van der Waals surface area (Å²) in [4.78, 5) is 26.2. The van der Waals surface area contributed by atoms with Crippen LogP contribution in [0, 0.1) is 12.3 Å². The molecule has 2 amide bonds. The molecule has 6 heteroatoms. The maximum atomic E-state index is 12.1. The van der Waals surface area contributed by atoms with Gasteiger partial charge in [0.2, 0.25) is 0 Å². The third-order valence-electron chi connectivity index (χ3n) is 3.30. The highest BCUT2D eigenvalue weighted by Crippen LogP contribution is 2.11. The van der Waals surface area contributed by atoms with Crippen molar-refractivity contribution in [2.45, 2.75) is 0 Å². The molecule has 6 nitrogen and oxygen atoms in total. The van der Waals surface area contributed by atoms with Gasteiger partial charge in [-0.1, -0.05) is 12.0 Å². The van der Waals surface area contributed by atoms with Gasteiger partial charge in [-0.15, -0.1) is 6.42 Å². The Hall–Kier alpha value is -2.52. The van der Waals surface area contributed by atoms with Crippen LogP contribution in [0.2, 0.25) is 0 Å². The van der Waals surface area contributed by atoms with Crippen LogP contribution in [0.4, 0.5) is 10.5 Å². The van der Waals surface area contributed by atoms with Gasteiger partial charge in [0.25, 0.3) is 0 Å². The lowest BCUT2D eigenvalue weighted by molar-refractivity contribution is -0.138. The molecule has 0 spiro atoms. The van der Waals surface area contributed by atoms with Gasteiger partial charge >= 0.3 is 12.0 Å². The van der Waals surface area contributed by atoms with E-state index in [-0.39, 0.29) is 12.6 Å². The Morgan fingerprint density at radius 3 is 2.62 bits per heavy atom. The first-order chi connectivity index (χ1) is 10.1. The summed E-state index contributed by atoms with van der Waals surface area (Å²) in [6, 6.07) is 6.90. The molecule has 0 aliphatic carbocycles. The van der Waals surface area contributed by atoms with Crippen LogP contribution in [-0.4, -0.2) is 59.6 Å². The van der Waals surface area contributed by atoms with Gasteiger partial charge in [0.05, 0.1) is 6.54 Å². The van der Waals surface area contributed by atoms with E-state index in [1.165, 1.54) is 0 Å². The molecule has 0 saturated carbocycles. The Balaban J connectivity index is 1.87. The molecule has 1 aliphatic heterocycles. The summed E-state index contributed by atoms with van der Waals surface area (Å²) in [5, 5.41) is 11.5. The third-order valence-corrected chi connectivity index (χ3v) is 3.30. The summed E-state index contributed by atoms with van der Waals surface area (Å²) >= 11 is 0. The second kappa shape index (κ2) is 6.77. The molecule has 2 N–H and O–H groups in total. The lowest BCUT2D eigenvalue weighted by atomic mass is 10.2. The van der Waals surface area contributed by atoms with Gasteiger partial charge in [-0.3, -0.25) is 9.69 Å². The summed E-state index contributed by atoms with van der Waals surface area (Å²) in [6.07, 6.45) is 5.32. The van der Waals surface area contributed by atoms with Crippen LogP contribution >= 0.6 is 0 Å². The van der Waals surface area contributed by atoms with Gasteiger partial charge in [0, 0.05) is 37.4 Å². The largest absolute Gasteiger partial charge is 0.480 e. The van der Waals surface area contributed by atoms with E-state index in [9.17, 15) is 9.59 Å². The van der Waals surface area contributed by atoms with E-state index >= 15 is 0 Å². The first kappa shape index (κ1) is 14.9. The normalized spacial score (nSPS) is 15.3. The zero-order chi connectivity index (χ0) is 15.2. The van der Waals surface area contributed by atoms with Crippen LogP contribution in [0.5, 0.6) is 0 Å². The van der Waals surface area contributed by atoms with Crippen LogP contribution in [0.1, 0.15) is 5.56 Å². The third kappa shape index (κ3) is 4.23. The molecule has 0 unspecified atom stereocenters. The number of carboxylic acids is 1. The van der Waals surface area contributed by atoms with E-state index in [0.717, 1.165) is 0 Å². The van der Waals surface area contributed by atoms with E-state index in [0.29, 0.717) is 37.4 Å². The number of nitrogens with one attached hydrogen (secondary N) is 1. The molecule has 1 aliphatic rings. The van der Waals surface area contributed by atoms with Gasteiger partial charge in [0.1, 0.15) is 0 Å². The predicted octanol–water partition coefficient (Wildman–Crippen LogP) is 0.902. The molecule has 0 bridgehead atoms. The number of hydrogen-bond acceptors (Lipinski definition) is 3. The lowest BCUT2D eigenvalue weighted by Crippen LogP contribution is -2.51. The van der Waals surface area contributed by atoms with Crippen molar-refractivity contribution in [1.29, 1.82) is 0 Å². The maximum Gasteiger partial charge on any atom is 0.321 e. The van der Waals surface area contributed by atoms with E-state index < -0.39 is 5.97 Å². The van der Waals surface area contributed by atoms with E-state index in [1.54, 1.807) is 29.2 Å². The first-order valence-electron chi connectivity index (χ1n) is 6.65. The quantitative estimate of drug-likeness (QED) is 0.810. The highest BCUT2D eigenvalue weighted by molar-refractivity contribution is 5.89. The Labute approximate surface area is 123 Å². The zero-order valence-electron chi connectivity index (χ0n) is 11.6. The molecule has 1 saturated heterocycles. The smallest absolute Gasteiger partial charge is 0.321 e. The van der Waals surface area contributed by atoms with Crippen molar-refractivity contribution in [1.82, 2.24) is 9.80 Å². The molecule has 1 aromatic carbocycles. The van der Waals surface area contributed by atoms with Crippen LogP contribution in [0.25, 0.3) is 0 Å².